The summed E-state index contributed by atoms with van der Waals surface area (Å²) in [6.07, 6.45) is 4.29. The molecule has 4 rings (SSSR count). The van der Waals surface area contributed by atoms with Gasteiger partial charge in [-0.1, -0.05) is 59.8 Å². The SMILES string of the molecule is O/N=C1\c2ccccc2CC12CCN(CCc1ccccc1)CC2. The van der Waals surface area contributed by atoms with Gasteiger partial charge in [-0.2, -0.15) is 0 Å². The molecule has 24 heavy (non-hydrogen) atoms. The van der Waals surface area contributed by atoms with Crippen molar-refractivity contribution >= 4 is 5.71 Å². The Bertz CT molecular complexity index is 731. The zero-order chi connectivity index (χ0) is 16.4. The summed E-state index contributed by atoms with van der Waals surface area (Å²) in [6, 6.07) is 19.1. The summed E-state index contributed by atoms with van der Waals surface area (Å²) in [6.45, 7) is 3.28. The van der Waals surface area contributed by atoms with E-state index in [9.17, 15) is 5.21 Å². The summed E-state index contributed by atoms with van der Waals surface area (Å²) in [5, 5.41) is 13.3. The maximum atomic E-state index is 9.62. The number of piperidine rings is 1. The van der Waals surface area contributed by atoms with E-state index in [2.05, 4.69) is 58.6 Å². The first-order chi connectivity index (χ1) is 11.8. The standard InChI is InChI=1S/C21H24N2O/c24-22-20-19-9-5-4-8-18(19)16-21(20)11-14-23(15-12-21)13-10-17-6-2-1-3-7-17/h1-9,24H,10-16H2/b22-20+. The fourth-order valence-corrected chi connectivity index (χ4v) is 4.35. The maximum absolute atomic E-state index is 9.62. The van der Waals surface area contributed by atoms with E-state index in [-0.39, 0.29) is 5.41 Å². The van der Waals surface area contributed by atoms with Crippen molar-refractivity contribution in [2.24, 2.45) is 10.6 Å². The summed E-state index contributed by atoms with van der Waals surface area (Å²) in [5.41, 5.74) is 4.85. The molecule has 0 amide bonds. The fraction of sp³-hybridized carbons (Fsp3) is 0.381. The third kappa shape index (κ3) is 2.73. The molecule has 0 radical (unpaired) electrons. The smallest absolute Gasteiger partial charge is 0.0936 e. The van der Waals surface area contributed by atoms with Crippen LogP contribution in [0.1, 0.15) is 29.5 Å². The first kappa shape index (κ1) is 15.4. The van der Waals surface area contributed by atoms with E-state index < -0.39 is 0 Å². The highest BCUT2D eigenvalue weighted by Gasteiger charge is 2.45. The van der Waals surface area contributed by atoms with Crippen molar-refractivity contribution in [1.82, 2.24) is 4.90 Å². The van der Waals surface area contributed by atoms with Gasteiger partial charge in [0.25, 0.3) is 0 Å². The second kappa shape index (κ2) is 6.40. The van der Waals surface area contributed by atoms with Gasteiger partial charge in [0.2, 0.25) is 0 Å². The number of hydrogen-bond donors (Lipinski definition) is 1. The first-order valence-electron chi connectivity index (χ1n) is 8.88. The van der Waals surface area contributed by atoms with Crippen LogP contribution < -0.4 is 0 Å². The van der Waals surface area contributed by atoms with Gasteiger partial charge in [-0.05, 0) is 49.9 Å². The van der Waals surface area contributed by atoms with Crippen LogP contribution in [0.2, 0.25) is 0 Å². The normalized spacial score (nSPS) is 21.2. The number of fused-ring (bicyclic) bond motifs is 1. The Morgan fingerprint density at radius 3 is 2.42 bits per heavy atom. The molecule has 3 nitrogen and oxygen atoms in total. The molecule has 1 aliphatic heterocycles. The second-order valence-electron chi connectivity index (χ2n) is 7.14. The molecule has 0 unspecified atom stereocenters. The number of nitrogens with zero attached hydrogens (tertiary/aromatic N) is 2. The molecule has 1 fully saturated rings. The summed E-state index contributed by atoms with van der Waals surface area (Å²) in [7, 11) is 0. The van der Waals surface area contributed by atoms with E-state index in [0.29, 0.717) is 0 Å². The van der Waals surface area contributed by atoms with Crippen molar-refractivity contribution in [1.29, 1.82) is 0 Å². The lowest BCUT2D eigenvalue weighted by Gasteiger charge is -2.39. The van der Waals surface area contributed by atoms with Crippen molar-refractivity contribution in [2.75, 3.05) is 19.6 Å². The predicted molar refractivity (Wildman–Crippen MR) is 96.7 cm³/mol. The zero-order valence-electron chi connectivity index (χ0n) is 14.0. The highest BCUT2D eigenvalue weighted by Crippen LogP contribution is 2.44. The molecule has 1 aliphatic carbocycles. The quantitative estimate of drug-likeness (QED) is 0.691. The summed E-state index contributed by atoms with van der Waals surface area (Å²) in [4.78, 5) is 2.55. The number of hydrogen-bond acceptors (Lipinski definition) is 3. The Hall–Kier alpha value is -2.13. The van der Waals surface area contributed by atoms with Crippen LogP contribution in [-0.2, 0) is 12.8 Å². The van der Waals surface area contributed by atoms with Gasteiger partial charge in [0.15, 0.2) is 0 Å². The zero-order valence-corrected chi connectivity index (χ0v) is 14.0. The lowest BCUT2D eigenvalue weighted by Crippen LogP contribution is -2.44. The van der Waals surface area contributed by atoms with Crippen molar-refractivity contribution < 1.29 is 5.21 Å². The van der Waals surface area contributed by atoms with Crippen LogP contribution in [0.3, 0.4) is 0 Å². The average Bonchev–Trinajstić information content (AvgIpc) is 2.95. The van der Waals surface area contributed by atoms with E-state index >= 15 is 0 Å². The highest BCUT2D eigenvalue weighted by atomic mass is 16.4. The highest BCUT2D eigenvalue weighted by molar-refractivity contribution is 6.08. The number of benzene rings is 2. The van der Waals surface area contributed by atoms with E-state index in [0.717, 1.165) is 56.6 Å². The Labute approximate surface area is 143 Å². The van der Waals surface area contributed by atoms with E-state index in [1.54, 1.807) is 0 Å². The molecule has 0 aromatic heterocycles. The van der Waals surface area contributed by atoms with E-state index in [4.69, 9.17) is 0 Å². The molecule has 2 aliphatic rings. The molecular formula is C21H24N2O. The minimum absolute atomic E-state index is 0.0433. The summed E-state index contributed by atoms with van der Waals surface area (Å²) in [5.74, 6) is 0. The largest absolute Gasteiger partial charge is 0.411 e. The van der Waals surface area contributed by atoms with Crippen LogP contribution in [0.25, 0.3) is 0 Å². The maximum Gasteiger partial charge on any atom is 0.0936 e. The van der Waals surface area contributed by atoms with Gasteiger partial charge in [0.05, 0.1) is 5.71 Å². The van der Waals surface area contributed by atoms with Gasteiger partial charge in [-0.15, -0.1) is 0 Å². The number of likely N-dealkylation sites (tertiary alicyclic amines) is 1. The Kier molecular flexibility index (Phi) is 4.11. The molecule has 0 bridgehead atoms. The Morgan fingerprint density at radius 1 is 0.958 bits per heavy atom. The molecule has 2 aromatic carbocycles. The van der Waals surface area contributed by atoms with Crippen LogP contribution in [0.5, 0.6) is 0 Å². The topological polar surface area (TPSA) is 35.8 Å². The molecule has 1 heterocycles. The van der Waals surface area contributed by atoms with Gasteiger partial charge in [-0.25, -0.2) is 0 Å². The predicted octanol–water partition coefficient (Wildman–Crippen LogP) is 3.75. The summed E-state index contributed by atoms with van der Waals surface area (Å²) < 4.78 is 0. The van der Waals surface area contributed by atoms with Crippen molar-refractivity contribution in [3.8, 4) is 0 Å². The van der Waals surface area contributed by atoms with Crippen molar-refractivity contribution in [3.63, 3.8) is 0 Å². The Balaban J connectivity index is 1.41. The molecule has 0 saturated carbocycles. The minimum atomic E-state index is 0.0433. The van der Waals surface area contributed by atoms with Crippen LogP contribution in [0.4, 0.5) is 0 Å². The second-order valence-corrected chi connectivity index (χ2v) is 7.14. The average molecular weight is 320 g/mol. The fourth-order valence-electron chi connectivity index (χ4n) is 4.35. The third-order valence-electron chi connectivity index (χ3n) is 5.78. The number of rotatable bonds is 3. The molecule has 1 N–H and O–H groups in total. The van der Waals surface area contributed by atoms with Gasteiger partial charge < -0.3 is 10.1 Å². The molecule has 1 spiro atoms. The molecule has 3 heteroatoms. The Morgan fingerprint density at radius 2 is 1.67 bits per heavy atom. The molecule has 124 valence electrons. The van der Waals surface area contributed by atoms with Crippen LogP contribution >= 0.6 is 0 Å². The van der Waals surface area contributed by atoms with E-state index in [1.165, 1.54) is 11.1 Å². The van der Waals surface area contributed by atoms with Gasteiger partial charge >= 0.3 is 0 Å². The molecular weight excluding hydrogens is 296 g/mol. The van der Waals surface area contributed by atoms with Crippen LogP contribution in [-0.4, -0.2) is 35.5 Å². The van der Waals surface area contributed by atoms with Gasteiger partial charge in [0.1, 0.15) is 0 Å². The monoisotopic (exact) mass is 320 g/mol. The molecule has 0 atom stereocenters. The first-order valence-corrected chi connectivity index (χ1v) is 8.88. The molecule has 1 saturated heterocycles. The number of oxime groups is 1. The van der Waals surface area contributed by atoms with E-state index in [1.807, 2.05) is 6.07 Å². The van der Waals surface area contributed by atoms with Gasteiger partial charge in [-0.3, -0.25) is 0 Å². The lowest BCUT2D eigenvalue weighted by atomic mass is 9.74. The molecule has 2 aromatic rings. The summed E-state index contributed by atoms with van der Waals surface area (Å²) >= 11 is 0. The van der Waals surface area contributed by atoms with Crippen molar-refractivity contribution in [3.05, 3.63) is 71.3 Å². The third-order valence-corrected chi connectivity index (χ3v) is 5.78. The van der Waals surface area contributed by atoms with Gasteiger partial charge in [0, 0.05) is 17.5 Å². The van der Waals surface area contributed by atoms with Crippen molar-refractivity contribution in [2.45, 2.75) is 25.7 Å². The van der Waals surface area contributed by atoms with Crippen LogP contribution in [0.15, 0.2) is 59.8 Å². The minimum Gasteiger partial charge on any atom is -0.411 e. The lowest BCUT2D eigenvalue weighted by molar-refractivity contribution is 0.154. The van der Waals surface area contributed by atoms with Crippen LogP contribution in [0, 0.1) is 5.41 Å².